The van der Waals surface area contributed by atoms with E-state index in [-0.39, 0.29) is 29.4 Å². The number of phenolic OH excluding ortho intramolecular Hbond substituents is 1. The van der Waals surface area contributed by atoms with Crippen molar-refractivity contribution in [3.8, 4) is 17.2 Å². The zero-order valence-corrected chi connectivity index (χ0v) is 21.7. The standard InChI is InChI=1S/C30H31NO6/c1-6-37-25-15-20(9-12-24(25)32)27-26(28(33)23-11-10-22(36-5)14-19(23)4)29(34)30(35)31(27)16-21-13-17(2)7-8-18(21)3/h7-15,27,32-33H,6,16H2,1-5H3/b28-26+. The highest BCUT2D eigenvalue weighted by atomic mass is 16.5. The summed E-state index contributed by atoms with van der Waals surface area (Å²) in [4.78, 5) is 28.4. The van der Waals surface area contributed by atoms with Crippen molar-refractivity contribution in [1.82, 2.24) is 4.90 Å². The molecular formula is C30H31NO6. The Morgan fingerprint density at radius 2 is 1.73 bits per heavy atom. The van der Waals surface area contributed by atoms with Gasteiger partial charge in [-0.3, -0.25) is 9.59 Å². The van der Waals surface area contributed by atoms with Gasteiger partial charge in [-0.05, 0) is 80.3 Å². The van der Waals surface area contributed by atoms with E-state index in [1.165, 1.54) is 11.0 Å². The molecule has 1 amide bonds. The smallest absolute Gasteiger partial charge is 0.295 e. The van der Waals surface area contributed by atoms with Gasteiger partial charge in [0.15, 0.2) is 11.5 Å². The highest BCUT2D eigenvalue weighted by Gasteiger charge is 2.46. The number of amides is 1. The topological polar surface area (TPSA) is 96.3 Å². The summed E-state index contributed by atoms with van der Waals surface area (Å²) in [5, 5.41) is 21.7. The number of phenols is 1. The first kappa shape index (κ1) is 25.8. The Labute approximate surface area is 216 Å². The number of nitrogens with zero attached hydrogens (tertiary/aromatic N) is 1. The average Bonchev–Trinajstić information content (AvgIpc) is 3.12. The van der Waals surface area contributed by atoms with E-state index in [0.717, 1.165) is 16.7 Å². The summed E-state index contributed by atoms with van der Waals surface area (Å²) in [7, 11) is 1.55. The Morgan fingerprint density at radius 1 is 0.973 bits per heavy atom. The van der Waals surface area contributed by atoms with Crippen LogP contribution in [-0.4, -0.2) is 40.5 Å². The zero-order chi connectivity index (χ0) is 26.9. The van der Waals surface area contributed by atoms with E-state index in [2.05, 4.69) is 0 Å². The lowest BCUT2D eigenvalue weighted by molar-refractivity contribution is -0.140. The van der Waals surface area contributed by atoms with E-state index >= 15 is 0 Å². The molecule has 0 aliphatic carbocycles. The maximum atomic E-state index is 13.5. The normalized spacial score (nSPS) is 16.8. The molecule has 1 aliphatic rings. The van der Waals surface area contributed by atoms with Crippen LogP contribution >= 0.6 is 0 Å². The number of hydrogen-bond donors (Lipinski definition) is 2. The largest absolute Gasteiger partial charge is 0.507 e. The number of ketones is 1. The molecule has 7 nitrogen and oxygen atoms in total. The van der Waals surface area contributed by atoms with Crippen LogP contribution in [0.4, 0.5) is 0 Å². The van der Waals surface area contributed by atoms with Crippen LogP contribution in [0.1, 0.15) is 46.3 Å². The number of ether oxygens (including phenoxy) is 2. The van der Waals surface area contributed by atoms with Gasteiger partial charge in [0.05, 0.1) is 25.3 Å². The van der Waals surface area contributed by atoms with E-state index in [9.17, 15) is 19.8 Å². The van der Waals surface area contributed by atoms with Gasteiger partial charge in [0.25, 0.3) is 11.7 Å². The molecule has 3 aromatic carbocycles. The summed E-state index contributed by atoms with van der Waals surface area (Å²) >= 11 is 0. The van der Waals surface area contributed by atoms with Gasteiger partial charge in [-0.1, -0.05) is 29.8 Å². The molecule has 192 valence electrons. The summed E-state index contributed by atoms with van der Waals surface area (Å²) in [5.41, 5.74) is 4.56. The number of aliphatic hydroxyl groups excluding tert-OH is 1. The highest BCUT2D eigenvalue weighted by molar-refractivity contribution is 6.46. The fraction of sp³-hybridized carbons (Fsp3) is 0.267. The lowest BCUT2D eigenvalue weighted by Gasteiger charge is -2.27. The lowest BCUT2D eigenvalue weighted by atomic mass is 9.93. The van der Waals surface area contributed by atoms with Crippen molar-refractivity contribution in [2.45, 2.75) is 40.3 Å². The van der Waals surface area contributed by atoms with Crippen molar-refractivity contribution in [3.05, 3.63) is 93.6 Å². The Morgan fingerprint density at radius 3 is 2.41 bits per heavy atom. The average molecular weight is 502 g/mol. The highest BCUT2D eigenvalue weighted by Crippen LogP contribution is 2.43. The predicted molar refractivity (Wildman–Crippen MR) is 141 cm³/mol. The monoisotopic (exact) mass is 501 g/mol. The van der Waals surface area contributed by atoms with Gasteiger partial charge in [-0.15, -0.1) is 0 Å². The number of rotatable bonds is 7. The number of aliphatic hydroxyl groups is 1. The summed E-state index contributed by atoms with van der Waals surface area (Å²) < 4.78 is 10.8. The fourth-order valence-corrected chi connectivity index (χ4v) is 4.69. The minimum absolute atomic E-state index is 0.0169. The second-order valence-electron chi connectivity index (χ2n) is 9.20. The first-order chi connectivity index (χ1) is 17.7. The fourth-order valence-electron chi connectivity index (χ4n) is 4.69. The maximum Gasteiger partial charge on any atom is 0.295 e. The quantitative estimate of drug-likeness (QED) is 0.258. The zero-order valence-electron chi connectivity index (χ0n) is 21.7. The Hall–Kier alpha value is -4.26. The molecule has 0 radical (unpaired) electrons. The van der Waals surface area contributed by atoms with Crippen molar-refractivity contribution in [2.75, 3.05) is 13.7 Å². The third-order valence-electron chi connectivity index (χ3n) is 6.67. The Bertz CT molecular complexity index is 1410. The van der Waals surface area contributed by atoms with E-state index in [1.807, 2.05) is 32.0 Å². The maximum absolute atomic E-state index is 13.5. The Balaban J connectivity index is 1.92. The molecule has 0 bridgehead atoms. The second-order valence-corrected chi connectivity index (χ2v) is 9.20. The summed E-state index contributed by atoms with van der Waals surface area (Å²) in [6.07, 6.45) is 0. The van der Waals surface area contributed by atoms with E-state index < -0.39 is 17.7 Å². The molecule has 1 atom stereocenters. The molecule has 7 heteroatoms. The van der Waals surface area contributed by atoms with E-state index in [1.54, 1.807) is 51.3 Å². The summed E-state index contributed by atoms with van der Waals surface area (Å²) in [6, 6.07) is 14.9. The van der Waals surface area contributed by atoms with Crippen molar-refractivity contribution >= 4 is 17.4 Å². The second kappa shape index (κ2) is 10.4. The van der Waals surface area contributed by atoms with Crippen LogP contribution < -0.4 is 9.47 Å². The number of Topliss-reactive ketones (excluding diaryl/α,β-unsaturated/α-hetero) is 1. The first-order valence-electron chi connectivity index (χ1n) is 12.1. The summed E-state index contributed by atoms with van der Waals surface area (Å²) in [5.74, 6) is -0.946. The first-order valence-corrected chi connectivity index (χ1v) is 12.1. The third kappa shape index (κ3) is 4.89. The predicted octanol–water partition coefficient (Wildman–Crippen LogP) is 5.35. The van der Waals surface area contributed by atoms with Gasteiger partial charge >= 0.3 is 0 Å². The lowest BCUT2D eigenvalue weighted by Crippen LogP contribution is -2.29. The third-order valence-corrected chi connectivity index (χ3v) is 6.67. The van der Waals surface area contributed by atoms with Crippen molar-refractivity contribution in [1.29, 1.82) is 0 Å². The molecule has 1 fully saturated rings. The van der Waals surface area contributed by atoms with Crippen molar-refractivity contribution in [3.63, 3.8) is 0 Å². The molecule has 1 aliphatic heterocycles. The van der Waals surface area contributed by atoms with Gasteiger partial charge in [-0.25, -0.2) is 0 Å². The molecule has 3 aromatic rings. The van der Waals surface area contributed by atoms with Gasteiger partial charge in [0.1, 0.15) is 11.5 Å². The number of carbonyl (C=O) groups excluding carboxylic acids is 2. The molecule has 4 rings (SSSR count). The van der Waals surface area contributed by atoms with Crippen LogP contribution in [0.15, 0.2) is 60.2 Å². The molecule has 1 unspecified atom stereocenters. The molecular weight excluding hydrogens is 470 g/mol. The minimum Gasteiger partial charge on any atom is -0.507 e. The Kier molecular flexibility index (Phi) is 7.25. The van der Waals surface area contributed by atoms with Crippen LogP contribution in [0.2, 0.25) is 0 Å². The SMILES string of the molecule is CCOc1cc(C2/C(=C(\O)c3ccc(OC)cc3C)C(=O)C(=O)N2Cc2cc(C)ccc2C)ccc1O. The van der Waals surface area contributed by atoms with Gasteiger partial charge in [0, 0.05) is 12.1 Å². The number of methoxy groups -OCH3 is 1. The molecule has 0 aromatic heterocycles. The molecule has 37 heavy (non-hydrogen) atoms. The van der Waals surface area contributed by atoms with Crippen molar-refractivity contribution in [2.24, 2.45) is 0 Å². The summed E-state index contributed by atoms with van der Waals surface area (Å²) in [6.45, 7) is 8.01. The number of aromatic hydroxyl groups is 1. The van der Waals surface area contributed by atoms with Gasteiger partial charge in [-0.2, -0.15) is 0 Å². The number of benzene rings is 3. The molecule has 0 saturated carbocycles. The molecule has 1 heterocycles. The van der Waals surface area contributed by atoms with Crippen LogP contribution in [0.5, 0.6) is 17.2 Å². The van der Waals surface area contributed by atoms with Crippen LogP contribution in [0, 0.1) is 20.8 Å². The number of aryl methyl sites for hydroxylation is 3. The van der Waals surface area contributed by atoms with Crippen LogP contribution in [0.25, 0.3) is 5.76 Å². The van der Waals surface area contributed by atoms with Crippen molar-refractivity contribution < 1.29 is 29.3 Å². The molecule has 1 saturated heterocycles. The number of hydrogen-bond acceptors (Lipinski definition) is 6. The van der Waals surface area contributed by atoms with Crippen LogP contribution in [-0.2, 0) is 16.1 Å². The van der Waals surface area contributed by atoms with Crippen LogP contribution in [0.3, 0.4) is 0 Å². The minimum atomic E-state index is -0.888. The van der Waals surface area contributed by atoms with Gasteiger partial charge in [0.2, 0.25) is 0 Å². The number of likely N-dealkylation sites (tertiary alicyclic amines) is 1. The van der Waals surface area contributed by atoms with E-state index in [0.29, 0.717) is 29.0 Å². The molecule has 2 N–H and O–H groups in total. The van der Waals surface area contributed by atoms with Gasteiger partial charge < -0.3 is 24.6 Å². The molecule has 0 spiro atoms. The number of carbonyl (C=O) groups is 2. The van der Waals surface area contributed by atoms with E-state index in [4.69, 9.17) is 9.47 Å².